The lowest BCUT2D eigenvalue weighted by Crippen LogP contribution is -2.13. The highest BCUT2D eigenvalue weighted by Gasteiger charge is 2.27. The normalized spacial score (nSPS) is 14.8. The zero-order chi connectivity index (χ0) is 27.9. The molecule has 0 saturated heterocycles. The van der Waals surface area contributed by atoms with E-state index in [4.69, 9.17) is 16.3 Å². The van der Waals surface area contributed by atoms with E-state index in [-0.39, 0.29) is 6.04 Å². The number of pyridine rings is 1. The molecule has 5 aromatic rings. The van der Waals surface area contributed by atoms with Gasteiger partial charge in [-0.3, -0.25) is 4.98 Å². The Morgan fingerprint density at radius 1 is 1.21 bits per heavy atom. The van der Waals surface area contributed by atoms with E-state index >= 15 is 0 Å². The molecule has 1 aliphatic rings. The summed E-state index contributed by atoms with van der Waals surface area (Å²) in [6, 6.07) is 17.3. The Morgan fingerprint density at radius 2 is 2.00 bits per heavy atom. The zero-order valence-corrected chi connectivity index (χ0v) is 21.6. The smallest absolute Gasteiger partial charge is 0.142 e. The van der Waals surface area contributed by atoms with E-state index in [0.29, 0.717) is 55.6 Å². The van der Waals surface area contributed by atoms with E-state index in [1.165, 1.54) is 30.5 Å². The summed E-state index contributed by atoms with van der Waals surface area (Å²) in [5, 5.41) is 25.9. The Balaban J connectivity index is 1.48. The SMILES string of the molecule is [2H][C@](Nc1cc(Cl)c2ncc(C#N)c(Nc3ccccc3OC)c2c1)(c1ccc(F)cc1)c1cn(C2CC2)nn1. The summed E-state index contributed by atoms with van der Waals surface area (Å²) in [6.07, 6.45) is 5.22. The van der Waals surface area contributed by atoms with Crippen molar-refractivity contribution in [3.05, 3.63) is 101 Å². The molecule has 2 N–H and O–H groups in total. The highest BCUT2D eigenvalue weighted by atomic mass is 35.5. The van der Waals surface area contributed by atoms with E-state index < -0.39 is 11.8 Å². The molecule has 194 valence electrons. The molecule has 0 unspecified atom stereocenters. The van der Waals surface area contributed by atoms with Gasteiger partial charge in [0.1, 0.15) is 23.3 Å². The Hall–Kier alpha value is -4.68. The van der Waals surface area contributed by atoms with Crippen molar-refractivity contribution in [2.75, 3.05) is 17.7 Å². The third-order valence-corrected chi connectivity index (χ3v) is 6.79. The number of hydrogen-bond donors (Lipinski definition) is 2. The summed E-state index contributed by atoms with van der Waals surface area (Å²) in [5.41, 5.74) is 3.19. The molecule has 0 bridgehead atoms. The Bertz CT molecular complexity index is 1770. The molecule has 0 amide bonds. The van der Waals surface area contributed by atoms with E-state index in [9.17, 15) is 11.0 Å². The molecule has 2 aromatic heterocycles. The fourth-order valence-electron chi connectivity index (χ4n) is 4.39. The molecule has 6 rings (SSSR count). The first-order valence-electron chi connectivity index (χ1n) is 12.8. The second kappa shape index (κ2) is 10.2. The predicted octanol–water partition coefficient (Wildman–Crippen LogP) is 6.78. The van der Waals surface area contributed by atoms with Crippen LogP contribution in [0.1, 0.15) is 43.1 Å². The van der Waals surface area contributed by atoms with Crippen molar-refractivity contribution in [1.82, 2.24) is 20.0 Å². The molecule has 1 saturated carbocycles. The number of nitriles is 1. The predicted molar refractivity (Wildman–Crippen MR) is 148 cm³/mol. The standard InChI is InChI=1S/C29H23ClFN7O/c1-39-26-5-3-2-4-24(26)35-27-18(14-32)15-33-29-22(27)12-20(13-23(29)30)34-28(17-6-8-19(31)9-7-17)25-16-38(37-36-25)21-10-11-21/h2-9,12-13,15-16,21,28,34H,10-11H2,1H3,(H,33,35)/t28-/m0/s1/i28D. The topological polar surface area (TPSA) is 101 Å². The number of para-hydroxylation sites is 2. The van der Waals surface area contributed by atoms with Gasteiger partial charge < -0.3 is 15.4 Å². The monoisotopic (exact) mass is 540 g/mol. The summed E-state index contributed by atoms with van der Waals surface area (Å²) in [7, 11) is 1.57. The first-order valence-corrected chi connectivity index (χ1v) is 12.7. The van der Waals surface area contributed by atoms with Crippen LogP contribution >= 0.6 is 11.6 Å². The van der Waals surface area contributed by atoms with Gasteiger partial charge in [0.25, 0.3) is 0 Å². The van der Waals surface area contributed by atoms with E-state index in [2.05, 4.69) is 32.0 Å². The van der Waals surface area contributed by atoms with Gasteiger partial charge in [0.2, 0.25) is 0 Å². The summed E-state index contributed by atoms with van der Waals surface area (Å²) in [5.74, 6) is 0.181. The highest BCUT2D eigenvalue weighted by Crippen LogP contribution is 2.39. The molecule has 39 heavy (non-hydrogen) atoms. The maximum Gasteiger partial charge on any atom is 0.142 e. The van der Waals surface area contributed by atoms with Crippen LogP contribution in [0.5, 0.6) is 5.75 Å². The minimum Gasteiger partial charge on any atom is -0.495 e. The number of halogens is 2. The van der Waals surface area contributed by atoms with Crippen LogP contribution in [0.4, 0.5) is 21.5 Å². The van der Waals surface area contributed by atoms with E-state index in [0.717, 1.165) is 12.8 Å². The van der Waals surface area contributed by atoms with Gasteiger partial charge in [-0.15, -0.1) is 5.10 Å². The van der Waals surface area contributed by atoms with Gasteiger partial charge in [-0.1, -0.05) is 41.1 Å². The number of anilines is 3. The lowest BCUT2D eigenvalue weighted by atomic mass is 10.0. The van der Waals surface area contributed by atoms with Gasteiger partial charge in [0.15, 0.2) is 0 Å². The van der Waals surface area contributed by atoms with Crippen molar-refractivity contribution in [2.24, 2.45) is 0 Å². The molecule has 1 fully saturated rings. The second-order valence-electron chi connectivity index (χ2n) is 9.16. The van der Waals surface area contributed by atoms with E-state index in [1.54, 1.807) is 30.1 Å². The third-order valence-electron chi connectivity index (χ3n) is 6.50. The molecule has 10 heteroatoms. The number of hydrogen-bond acceptors (Lipinski definition) is 7. The van der Waals surface area contributed by atoms with Crippen LogP contribution in [-0.2, 0) is 0 Å². The van der Waals surface area contributed by atoms with Crippen LogP contribution in [-0.4, -0.2) is 27.1 Å². The first kappa shape index (κ1) is 23.4. The van der Waals surface area contributed by atoms with Gasteiger partial charge in [0.05, 0.1) is 54.2 Å². The molecule has 8 nitrogen and oxygen atoms in total. The third kappa shape index (κ3) is 4.94. The molecule has 0 aliphatic heterocycles. The van der Waals surface area contributed by atoms with Crippen LogP contribution in [0.3, 0.4) is 0 Å². The largest absolute Gasteiger partial charge is 0.495 e. The van der Waals surface area contributed by atoms with Gasteiger partial charge >= 0.3 is 0 Å². The fourth-order valence-corrected chi connectivity index (χ4v) is 4.66. The number of benzene rings is 3. The quantitative estimate of drug-likeness (QED) is 0.224. The van der Waals surface area contributed by atoms with E-state index in [1.807, 2.05) is 24.3 Å². The van der Waals surface area contributed by atoms with Crippen LogP contribution in [0.15, 0.2) is 73.1 Å². The number of fused-ring (bicyclic) bond motifs is 1. The number of rotatable bonds is 8. The highest BCUT2D eigenvalue weighted by molar-refractivity contribution is 6.36. The molecule has 2 heterocycles. The van der Waals surface area contributed by atoms with Gasteiger partial charge in [-0.2, -0.15) is 5.26 Å². The summed E-state index contributed by atoms with van der Waals surface area (Å²) >= 11 is 6.71. The molecule has 0 spiro atoms. The number of ether oxygens (including phenoxy) is 1. The summed E-state index contributed by atoms with van der Waals surface area (Å²) < 4.78 is 30.6. The first-order chi connectivity index (χ1) is 19.4. The summed E-state index contributed by atoms with van der Waals surface area (Å²) in [4.78, 5) is 4.42. The van der Waals surface area contributed by atoms with Crippen LogP contribution < -0.4 is 15.4 Å². The van der Waals surface area contributed by atoms with Crippen molar-refractivity contribution in [3.63, 3.8) is 0 Å². The zero-order valence-electron chi connectivity index (χ0n) is 21.8. The molecular weight excluding hydrogens is 517 g/mol. The van der Waals surface area contributed by atoms with Crippen molar-refractivity contribution >= 4 is 39.6 Å². The van der Waals surface area contributed by atoms with Crippen LogP contribution in [0.2, 0.25) is 5.02 Å². The minimum absolute atomic E-state index is 0.271. The van der Waals surface area contributed by atoms with Crippen molar-refractivity contribution in [3.8, 4) is 11.8 Å². The molecule has 0 radical (unpaired) electrons. The lowest BCUT2D eigenvalue weighted by Gasteiger charge is -2.20. The maximum absolute atomic E-state index is 13.8. The summed E-state index contributed by atoms with van der Waals surface area (Å²) in [6.45, 7) is 0. The number of nitrogens with one attached hydrogen (secondary N) is 2. The van der Waals surface area contributed by atoms with Crippen LogP contribution in [0, 0.1) is 17.1 Å². The number of nitrogens with zero attached hydrogens (tertiary/aromatic N) is 5. The lowest BCUT2D eigenvalue weighted by molar-refractivity contribution is 0.417. The average molecular weight is 541 g/mol. The average Bonchev–Trinajstić information content (AvgIpc) is 3.69. The fraction of sp³-hybridized carbons (Fsp3) is 0.172. The van der Waals surface area contributed by atoms with Crippen molar-refractivity contribution in [1.29, 1.82) is 5.26 Å². The number of aromatic nitrogens is 4. The molecule has 1 atom stereocenters. The number of methoxy groups -OCH3 is 1. The van der Waals surface area contributed by atoms with Gasteiger partial charge in [-0.05, 0) is 54.8 Å². The van der Waals surface area contributed by atoms with Crippen molar-refractivity contribution < 1.29 is 10.5 Å². The second-order valence-corrected chi connectivity index (χ2v) is 9.57. The van der Waals surface area contributed by atoms with Gasteiger partial charge in [0, 0.05) is 17.3 Å². The Labute approximate surface area is 230 Å². The molecular formula is C29H23ClFN7O. The Kier molecular flexibility index (Phi) is 6.15. The maximum atomic E-state index is 13.8. The van der Waals surface area contributed by atoms with Crippen LogP contribution in [0.25, 0.3) is 10.9 Å². The molecule has 1 aliphatic carbocycles. The minimum atomic E-state index is -1.63. The Morgan fingerprint density at radius 3 is 2.74 bits per heavy atom. The molecule has 3 aromatic carbocycles. The van der Waals surface area contributed by atoms with Crippen molar-refractivity contribution in [2.45, 2.75) is 24.9 Å². The van der Waals surface area contributed by atoms with Gasteiger partial charge in [-0.25, -0.2) is 9.07 Å².